The van der Waals surface area contributed by atoms with Crippen LogP contribution in [0.3, 0.4) is 0 Å². The Balaban J connectivity index is 2.20. The van der Waals surface area contributed by atoms with Gasteiger partial charge in [0.1, 0.15) is 0 Å². The van der Waals surface area contributed by atoms with Crippen LogP contribution in [0.15, 0.2) is 29.4 Å². The normalized spacial score (nSPS) is 16.8. The first kappa shape index (κ1) is 10.1. The summed E-state index contributed by atoms with van der Waals surface area (Å²) in [5.74, 6) is 0. The van der Waals surface area contributed by atoms with Crippen molar-refractivity contribution in [3.8, 4) is 0 Å². The summed E-state index contributed by atoms with van der Waals surface area (Å²) in [6.07, 6.45) is 4.09. The number of imidazole rings is 1. The molecule has 0 N–H and O–H groups in total. The van der Waals surface area contributed by atoms with Crippen LogP contribution in [0.25, 0.3) is 11.0 Å². The largest absolute Gasteiger partial charge is 0.327 e. The average Bonchev–Trinajstić information content (AvgIpc) is 2.96. The van der Waals surface area contributed by atoms with Gasteiger partial charge in [-0.1, -0.05) is 0 Å². The molecule has 2 aromatic rings. The zero-order valence-electron chi connectivity index (χ0n) is 8.30. The van der Waals surface area contributed by atoms with Gasteiger partial charge >= 0.3 is 0 Å². The second-order valence-electron chi connectivity index (χ2n) is 3.97. The molecule has 0 aliphatic heterocycles. The summed E-state index contributed by atoms with van der Waals surface area (Å²) in [7, 11) is 1.61. The Hall–Kier alpha value is -1.07. The van der Waals surface area contributed by atoms with Gasteiger partial charge in [0.15, 0.2) is 0 Å². The number of rotatable bonds is 2. The number of nitrogens with zero attached hydrogens (tertiary/aromatic N) is 2. The zero-order chi connectivity index (χ0) is 11.3. The maximum absolute atomic E-state index is 11.2. The molecular weight excluding hydrogens is 248 g/mol. The second kappa shape index (κ2) is 3.21. The van der Waals surface area contributed by atoms with E-state index in [1.807, 2.05) is 0 Å². The van der Waals surface area contributed by atoms with Gasteiger partial charge in [-0.25, -0.2) is 13.4 Å². The molecule has 0 unspecified atom stereocenters. The molecule has 1 aromatic heterocycles. The lowest BCUT2D eigenvalue weighted by atomic mass is 10.3. The van der Waals surface area contributed by atoms with Crippen molar-refractivity contribution in [2.75, 3.05) is 0 Å². The Morgan fingerprint density at radius 3 is 2.75 bits per heavy atom. The van der Waals surface area contributed by atoms with E-state index in [1.54, 1.807) is 12.4 Å². The molecule has 0 amide bonds. The monoisotopic (exact) mass is 256 g/mol. The summed E-state index contributed by atoms with van der Waals surface area (Å²) >= 11 is 0. The van der Waals surface area contributed by atoms with Crippen LogP contribution < -0.4 is 0 Å². The number of aromatic nitrogens is 2. The Labute approximate surface area is 97.3 Å². The fraction of sp³-hybridized carbons (Fsp3) is 0.300. The van der Waals surface area contributed by atoms with Gasteiger partial charge in [0.25, 0.3) is 9.05 Å². The highest BCUT2D eigenvalue weighted by Gasteiger charge is 2.25. The van der Waals surface area contributed by atoms with Crippen molar-refractivity contribution in [1.29, 1.82) is 0 Å². The highest BCUT2D eigenvalue weighted by Crippen LogP contribution is 2.37. The predicted octanol–water partition coefficient (Wildman–Crippen LogP) is 2.30. The third-order valence-electron chi connectivity index (χ3n) is 2.77. The van der Waals surface area contributed by atoms with Crippen molar-refractivity contribution in [3.05, 3.63) is 24.5 Å². The molecule has 4 nitrogen and oxygen atoms in total. The SMILES string of the molecule is O=S(=O)(Cl)c1ccc2c(c1)ncn2C1CC1. The molecule has 16 heavy (non-hydrogen) atoms. The van der Waals surface area contributed by atoms with Crippen LogP contribution in [0.1, 0.15) is 18.9 Å². The van der Waals surface area contributed by atoms with E-state index in [4.69, 9.17) is 10.7 Å². The van der Waals surface area contributed by atoms with E-state index in [9.17, 15) is 8.42 Å². The van der Waals surface area contributed by atoms with Crippen LogP contribution in [0, 0.1) is 0 Å². The average molecular weight is 257 g/mol. The minimum atomic E-state index is -3.67. The van der Waals surface area contributed by atoms with Crippen LogP contribution in [0.4, 0.5) is 0 Å². The number of fused-ring (bicyclic) bond motifs is 1. The smallest absolute Gasteiger partial charge is 0.261 e. The molecule has 0 spiro atoms. The standard InChI is InChI=1S/C10H9ClN2O2S/c11-16(14,15)8-3-4-10-9(5-8)12-6-13(10)7-1-2-7/h3-7H,1-2H2. The molecule has 1 aliphatic carbocycles. The molecule has 3 rings (SSSR count). The molecule has 0 radical (unpaired) electrons. The summed E-state index contributed by atoms with van der Waals surface area (Å²) in [5, 5.41) is 0. The lowest BCUT2D eigenvalue weighted by molar-refractivity contribution is 0.609. The predicted molar refractivity (Wildman–Crippen MR) is 61.0 cm³/mol. The molecule has 1 aliphatic rings. The lowest BCUT2D eigenvalue weighted by Crippen LogP contribution is -1.92. The Kier molecular flexibility index (Phi) is 2.03. The third kappa shape index (κ3) is 1.60. The maximum atomic E-state index is 11.2. The minimum absolute atomic E-state index is 0.0997. The van der Waals surface area contributed by atoms with Crippen molar-refractivity contribution in [3.63, 3.8) is 0 Å². The van der Waals surface area contributed by atoms with Crippen molar-refractivity contribution >= 4 is 30.8 Å². The number of hydrogen-bond donors (Lipinski definition) is 0. The summed E-state index contributed by atoms with van der Waals surface area (Å²) in [6, 6.07) is 5.32. The highest BCUT2D eigenvalue weighted by molar-refractivity contribution is 8.13. The van der Waals surface area contributed by atoms with E-state index in [2.05, 4.69) is 9.55 Å². The van der Waals surface area contributed by atoms with E-state index >= 15 is 0 Å². The van der Waals surface area contributed by atoms with E-state index in [1.165, 1.54) is 25.0 Å². The van der Waals surface area contributed by atoms with Gasteiger partial charge in [-0.2, -0.15) is 0 Å². The molecule has 6 heteroatoms. The van der Waals surface area contributed by atoms with Gasteiger partial charge in [0, 0.05) is 16.7 Å². The molecule has 1 aromatic carbocycles. The van der Waals surface area contributed by atoms with Gasteiger partial charge in [-0.05, 0) is 31.0 Å². The molecule has 0 saturated heterocycles. The van der Waals surface area contributed by atoms with Gasteiger partial charge in [-0.3, -0.25) is 0 Å². The van der Waals surface area contributed by atoms with Gasteiger partial charge in [0.05, 0.1) is 22.3 Å². The molecule has 84 valence electrons. The summed E-state index contributed by atoms with van der Waals surface area (Å²) < 4.78 is 24.4. The fourth-order valence-corrected chi connectivity index (χ4v) is 2.58. The quantitative estimate of drug-likeness (QED) is 0.775. The van der Waals surface area contributed by atoms with Gasteiger partial charge in [-0.15, -0.1) is 0 Å². The molecule has 1 heterocycles. The van der Waals surface area contributed by atoms with Crippen molar-refractivity contribution < 1.29 is 8.42 Å². The first-order valence-corrected chi connectivity index (χ1v) is 7.28. The molecule has 0 atom stereocenters. The van der Waals surface area contributed by atoms with Gasteiger partial charge in [0.2, 0.25) is 0 Å². The van der Waals surface area contributed by atoms with E-state index in [-0.39, 0.29) is 4.90 Å². The first-order valence-electron chi connectivity index (χ1n) is 4.97. The lowest BCUT2D eigenvalue weighted by Gasteiger charge is -2.01. The van der Waals surface area contributed by atoms with Gasteiger partial charge < -0.3 is 4.57 Å². The van der Waals surface area contributed by atoms with E-state index < -0.39 is 9.05 Å². The molecule has 0 bridgehead atoms. The van der Waals surface area contributed by atoms with Crippen LogP contribution in [0.2, 0.25) is 0 Å². The number of hydrogen-bond acceptors (Lipinski definition) is 3. The van der Waals surface area contributed by atoms with Crippen molar-refractivity contribution in [2.24, 2.45) is 0 Å². The summed E-state index contributed by atoms with van der Waals surface area (Å²) in [4.78, 5) is 4.29. The second-order valence-corrected chi connectivity index (χ2v) is 6.54. The number of benzene rings is 1. The fourth-order valence-electron chi connectivity index (χ4n) is 1.81. The molecular formula is C10H9ClN2O2S. The van der Waals surface area contributed by atoms with Crippen LogP contribution in [-0.4, -0.2) is 18.0 Å². The molecule has 1 saturated carbocycles. The topological polar surface area (TPSA) is 52.0 Å². The van der Waals surface area contributed by atoms with Crippen LogP contribution >= 0.6 is 10.7 Å². The summed E-state index contributed by atoms with van der Waals surface area (Å²) in [5.41, 5.74) is 1.64. The highest BCUT2D eigenvalue weighted by atomic mass is 35.7. The molecule has 1 fully saturated rings. The van der Waals surface area contributed by atoms with Crippen LogP contribution in [-0.2, 0) is 9.05 Å². The Morgan fingerprint density at radius 2 is 2.12 bits per heavy atom. The Bertz CT molecular complexity index is 659. The third-order valence-corrected chi connectivity index (χ3v) is 4.12. The first-order chi connectivity index (χ1) is 7.55. The minimum Gasteiger partial charge on any atom is -0.327 e. The van der Waals surface area contributed by atoms with E-state index in [0.717, 1.165) is 5.52 Å². The van der Waals surface area contributed by atoms with E-state index in [0.29, 0.717) is 11.6 Å². The number of halogens is 1. The zero-order valence-corrected chi connectivity index (χ0v) is 9.87. The maximum Gasteiger partial charge on any atom is 0.261 e. The van der Waals surface area contributed by atoms with Crippen LogP contribution in [0.5, 0.6) is 0 Å². The Morgan fingerprint density at radius 1 is 1.38 bits per heavy atom. The van der Waals surface area contributed by atoms with Crippen molar-refractivity contribution in [2.45, 2.75) is 23.8 Å². The van der Waals surface area contributed by atoms with Crippen molar-refractivity contribution in [1.82, 2.24) is 9.55 Å². The summed E-state index contributed by atoms with van der Waals surface area (Å²) in [6.45, 7) is 0.